The molecule has 1 aromatic carbocycles. The summed E-state index contributed by atoms with van der Waals surface area (Å²) in [5.41, 5.74) is 2.71. The Balaban J connectivity index is 1.63. The number of hydrogen-bond acceptors (Lipinski definition) is 7. The van der Waals surface area contributed by atoms with Gasteiger partial charge >= 0.3 is 0 Å². The SMILES string of the molecule is CCOc1ccc(Cn2c(CNS(=O)(=O)c3c(C)noc3C)nc3cccnc32)cc1. The van der Waals surface area contributed by atoms with Crippen LogP contribution in [0.25, 0.3) is 11.2 Å². The van der Waals surface area contributed by atoms with Crippen LogP contribution in [0.5, 0.6) is 5.75 Å². The zero-order chi connectivity index (χ0) is 22.0. The van der Waals surface area contributed by atoms with Crippen LogP contribution in [0, 0.1) is 13.8 Å². The van der Waals surface area contributed by atoms with E-state index in [4.69, 9.17) is 9.26 Å². The average Bonchev–Trinajstić information content (AvgIpc) is 3.28. The number of hydrogen-bond donors (Lipinski definition) is 1. The van der Waals surface area contributed by atoms with Crippen molar-refractivity contribution in [3.63, 3.8) is 0 Å². The highest BCUT2D eigenvalue weighted by Gasteiger charge is 2.25. The van der Waals surface area contributed by atoms with Crippen molar-refractivity contribution in [1.29, 1.82) is 0 Å². The second-order valence-electron chi connectivity index (χ2n) is 7.02. The number of sulfonamides is 1. The second-order valence-corrected chi connectivity index (χ2v) is 8.72. The maximum Gasteiger partial charge on any atom is 0.246 e. The van der Waals surface area contributed by atoms with Crippen LogP contribution in [0.4, 0.5) is 0 Å². The Morgan fingerprint density at radius 2 is 1.94 bits per heavy atom. The first-order chi connectivity index (χ1) is 14.9. The van der Waals surface area contributed by atoms with Gasteiger partial charge in [-0.05, 0) is 50.6 Å². The van der Waals surface area contributed by atoms with Crippen LogP contribution >= 0.6 is 0 Å². The third kappa shape index (κ3) is 4.30. The molecule has 0 aliphatic heterocycles. The topological polar surface area (TPSA) is 112 Å². The first-order valence-electron chi connectivity index (χ1n) is 9.83. The van der Waals surface area contributed by atoms with Crippen LogP contribution in [0.1, 0.15) is 29.8 Å². The summed E-state index contributed by atoms with van der Waals surface area (Å²) in [6.45, 7) is 6.19. The lowest BCUT2D eigenvalue weighted by Crippen LogP contribution is -2.26. The fourth-order valence-corrected chi connectivity index (χ4v) is 4.74. The van der Waals surface area contributed by atoms with Gasteiger partial charge in [0.1, 0.15) is 27.7 Å². The molecule has 162 valence electrons. The Morgan fingerprint density at radius 1 is 1.16 bits per heavy atom. The molecular weight excluding hydrogens is 418 g/mol. The second kappa shape index (κ2) is 8.48. The molecule has 3 aromatic heterocycles. The molecule has 0 aliphatic carbocycles. The van der Waals surface area contributed by atoms with E-state index in [1.54, 1.807) is 26.1 Å². The zero-order valence-corrected chi connectivity index (χ0v) is 18.3. The van der Waals surface area contributed by atoms with Gasteiger partial charge in [0.05, 0.1) is 19.7 Å². The molecule has 4 aromatic rings. The lowest BCUT2D eigenvalue weighted by Gasteiger charge is -2.11. The number of aryl methyl sites for hydroxylation is 2. The van der Waals surface area contributed by atoms with Gasteiger partial charge in [0.2, 0.25) is 10.0 Å². The van der Waals surface area contributed by atoms with E-state index in [0.29, 0.717) is 35.8 Å². The van der Waals surface area contributed by atoms with E-state index in [0.717, 1.165) is 11.3 Å². The Bertz CT molecular complexity index is 1290. The van der Waals surface area contributed by atoms with E-state index in [2.05, 4.69) is 19.8 Å². The monoisotopic (exact) mass is 441 g/mol. The van der Waals surface area contributed by atoms with Gasteiger partial charge in [-0.15, -0.1) is 0 Å². The first-order valence-corrected chi connectivity index (χ1v) is 11.3. The molecule has 3 heterocycles. The van der Waals surface area contributed by atoms with E-state index in [9.17, 15) is 8.42 Å². The molecule has 4 rings (SSSR count). The van der Waals surface area contributed by atoms with Gasteiger partial charge in [-0.1, -0.05) is 17.3 Å². The number of nitrogens with zero attached hydrogens (tertiary/aromatic N) is 4. The van der Waals surface area contributed by atoms with Gasteiger partial charge in [0.15, 0.2) is 11.4 Å². The summed E-state index contributed by atoms with van der Waals surface area (Å²) >= 11 is 0. The highest BCUT2D eigenvalue weighted by atomic mass is 32.2. The van der Waals surface area contributed by atoms with Crippen molar-refractivity contribution >= 4 is 21.2 Å². The summed E-state index contributed by atoms with van der Waals surface area (Å²) in [5, 5.41) is 3.73. The maximum absolute atomic E-state index is 12.8. The highest BCUT2D eigenvalue weighted by Crippen LogP contribution is 2.21. The number of rotatable bonds is 8. The van der Waals surface area contributed by atoms with Crippen LogP contribution in [0.2, 0.25) is 0 Å². The highest BCUT2D eigenvalue weighted by molar-refractivity contribution is 7.89. The van der Waals surface area contributed by atoms with Crippen molar-refractivity contribution < 1.29 is 17.7 Å². The van der Waals surface area contributed by atoms with Crippen molar-refractivity contribution in [3.05, 3.63) is 65.4 Å². The maximum atomic E-state index is 12.8. The summed E-state index contributed by atoms with van der Waals surface area (Å²) < 4.78 is 40.6. The largest absolute Gasteiger partial charge is 0.494 e. The van der Waals surface area contributed by atoms with E-state index in [-0.39, 0.29) is 17.2 Å². The molecule has 0 saturated carbocycles. The molecule has 0 radical (unpaired) electrons. The minimum absolute atomic E-state index is 0.000216. The van der Waals surface area contributed by atoms with Crippen molar-refractivity contribution in [1.82, 2.24) is 24.4 Å². The van der Waals surface area contributed by atoms with Crippen molar-refractivity contribution in [2.24, 2.45) is 0 Å². The van der Waals surface area contributed by atoms with Gasteiger partial charge in [-0.2, -0.15) is 0 Å². The number of fused-ring (bicyclic) bond motifs is 1. The fraction of sp³-hybridized carbons (Fsp3) is 0.286. The third-order valence-electron chi connectivity index (χ3n) is 4.81. The standard InChI is InChI=1S/C21H23N5O4S/c1-4-29-17-9-7-16(8-10-17)13-26-19(24-18-6-5-11-22-21(18)26)12-23-31(27,28)20-14(2)25-30-15(20)3/h5-11,23H,4,12-13H2,1-3H3. The van der Waals surface area contributed by atoms with E-state index in [1.807, 2.05) is 41.8 Å². The number of benzene rings is 1. The molecule has 0 unspecified atom stereocenters. The molecule has 9 nitrogen and oxygen atoms in total. The molecule has 0 saturated heterocycles. The quantitative estimate of drug-likeness (QED) is 0.447. The third-order valence-corrected chi connectivity index (χ3v) is 6.46. The number of aromatic nitrogens is 4. The van der Waals surface area contributed by atoms with Crippen LogP contribution < -0.4 is 9.46 Å². The zero-order valence-electron chi connectivity index (χ0n) is 17.5. The Kier molecular flexibility index (Phi) is 5.75. The van der Waals surface area contributed by atoms with Crippen LogP contribution in [0.3, 0.4) is 0 Å². The smallest absolute Gasteiger partial charge is 0.246 e. The lowest BCUT2D eigenvalue weighted by molar-refractivity contribution is 0.340. The van der Waals surface area contributed by atoms with Crippen LogP contribution in [0.15, 0.2) is 52.0 Å². The summed E-state index contributed by atoms with van der Waals surface area (Å²) in [6, 6.07) is 11.4. The Labute approximate surface area is 180 Å². The van der Waals surface area contributed by atoms with Gasteiger partial charge in [0, 0.05) is 6.20 Å². The summed E-state index contributed by atoms with van der Waals surface area (Å²) in [5.74, 6) is 1.60. The van der Waals surface area contributed by atoms with Crippen LogP contribution in [-0.2, 0) is 23.1 Å². The lowest BCUT2D eigenvalue weighted by atomic mass is 10.2. The molecule has 1 N–H and O–H groups in total. The molecule has 0 amide bonds. The normalized spacial score (nSPS) is 11.8. The molecule has 0 atom stereocenters. The first kappa shape index (κ1) is 21.0. The van der Waals surface area contributed by atoms with Gasteiger partial charge in [-0.3, -0.25) is 0 Å². The average molecular weight is 442 g/mol. The minimum atomic E-state index is -3.81. The predicted octanol–water partition coefficient (Wildman–Crippen LogP) is 2.96. The summed E-state index contributed by atoms with van der Waals surface area (Å²) in [4.78, 5) is 9.09. The number of nitrogens with one attached hydrogen (secondary N) is 1. The van der Waals surface area contributed by atoms with Crippen molar-refractivity contribution in [3.8, 4) is 5.75 Å². The van der Waals surface area contributed by atoms with Gasteiger partial charge in [0.25, 0.3) is 0 Å². The molecule has 0 aliphatic rings. The Hall–Kier alpha value is -3.24. The minimum Gasteiger partial charge on any atom is -0.494 e. The number of ether oxygens (including phenoxy) is 1. The summed E-state index contributed by atoms with van der Waals surface area (Å²) in [7, 11) is -3.81. The molecule has 0 fully saturated rings. The molecule has 0 bridgehead atoms. The number of imidazole rings is 1. The molecule has 0 spiro atoms. The molecule has 10 heteroatoms. The molecule has 31 heavy (non-hydrogen) atoms. The fourth-order valence-electron chi connectivity index (χ4n) is 3.44. The predicted molar refractivity (Wildman–Crippen MR) is 114 cm³/mol. The van der Waals surface area contributed by atoms with E-state index in [1.165, 1.54) is 0 Å². The van der Waals surface area contributed by atoms with Gasteiger partial charge < -0.3 is 13.8 Å². The van der Waals surface area contributed by atoms with E-state index >= 15 is 0 Å². The van der Waals surface area contributed by atoms with Crippen molar-refractivity contribution in [2.45, 2.75) is 38.8 Å². The van der Waals surface area contributed by atoms with E-state index < -0.39 is 10.0 Å². The van der Waals surface area contributed by atoms with Crippen LogP contribution in [-0.4, -0.2) is 34.7 Å². The Morgan fingerprint density at radius 3 is 2.61 bits per heavy atom. The molecular formula is C21H23N5O4S. The summed E-state index contributed by atoms with van der Waals surface area (Å²) in [6.07, 6.45) is 1.69. The van der Waals surface area contributed by atoms with Crippen molar-refractivity contribution in [2.75, 3.05) is 6.61 Å². The number of pyridine rings is 1. The van der Waals surface area contributed by atoms with Gasteiger partial charge in [-0.25, -0.2) is 23.1 Å².